The van der Waals surface area contributed by atoms with E-state index in [0.717, 1.165) is 11.1 Å². The molecule has 1 fully saturated rings. The second-order valence-corrected chi connectivity index (χ2v) is 8.48. The molecule has 0 spiro atoms. The molecule has 0 saturated carbocycles. The van der Waals surface area contributed by atoms with Gasteiger partial charge in [0.1, 0.15) is 0 Å². The predicted molar refractivity (Wildman–Crippen MR) is 88.7 cm³/mol. The Morgan fingerprint density at radius 2 is 1.57 bits per heavy atom. The third-order valence-electron chi connectivity index (χ3n) is 4.66. The van der Waals surface area contributed by atoms with Gasteiger partial charge in [-0.25, -0.2) is 8.42 Å². The first-order valence-corrected chi connectivity index (χ1v) is 8.92. The van der Waals surface area contributed by atoms with Crippen molar-refractivity contribution in [2.45, 2.75) is 29.5 Å². The van der Waals surface area contributed by atoms with E-state index in [-0.39, 0.29) is 10.8 Å². The van der Waals surface area contributed by atoms with Gasteiger partial charge < -0.3 is 4.90 Å². The third kappa shape index (κ3) is 2.10. The highest BCUT2D eigenvalue weighted by molar-refractivity contribution is 7.93. The molecule has 0 aliphatic carbocycles. The van der Waals surface area contributed by atoms with Crippen LogP contribution in [-0.2, 0) is 14.6 Å². The zero-order valence-electron chi connectivity index (χ0n) is 13.4. The average Bonchev–Trinajstić information content (AvgIpc) is 2.57. The number of carbonyl (C=O) groups excluding carboxylic acids is 1. The van der Waals surface area contributed by atoms with Gasteiger partial charge in [0.2, 0.25) is 5.91 Å². The molecule has 1 aliphatic heterocycles. The molecule has 1 aliphatic rings. The fraction of sp³-hybridized carbons (Fsp3) is 0.278. The first-order valence-electron chi connectivity index (χ1n) is 7.43. The molecule has 0 N–H and O–H groups in total. The van der Waals surface area contributed by atoms with Crippen molar-refractivity contribution in [3.05, 3.63) is 65.7 Å². The number of sulfone groups is 1. The van der Waals surface area contributed by atoms with Gasteiger partial charge in [0.25, 0.3) is 0 Å². The molecule has 23 heavy (non-hydrogen) atoms. The lowest BCUT2D eigenvalue weighted by atomic mass is 9.83. The molecule has 0 bridgehead atoms. The van der Waals surface area contributed by atoms with Crippen LogP contribution >= 0.6 is 0 Å². The van der Waals surface area contributed by atoms with Gasteiger partial charge in [0, 0.05) is 7.05 Å². The van der Waals surface area contributed by atoms with E-state index in [4.69, 9.17) is 0 Å². The molecule has 0 unspecified atom stereocenters. The Labute approximate surface area is 136 Å². The van der Waals surface area contributed by atoms with Crippen LogP contribution in [0.1, 0.15) is 24.1 Å². The van der Waals surface area contributed by atoms with Crippen molar-refractivity contribution >= 4 is 15.7 Å². The van der Waals surface area contributed by atoms with E-state index < -0.39 is 20.6 Å². The van der Waals surface area contributed by atoms with E-state index in [0.29, 0.717) is 0 Å². The van der Waals surface area contributed by atoms with Crippen LogP contribution in [0.4, 0.5) is 0 Å². The summed E-state index contributed by atoms with van der Waals surface area (Å²) in [7, 11) is -2.13. The van der Waals surface area contributed by atoms with Gasteiger partial charge >= 0.3 is 0 Å². The third-order valence-corrected chi connectivity index (χ3v) is 7.07. The normalized spacial score (nSPS) is 24.4. The number of β-lactam (4-membered cyclic amide) rings is 1. The summed E-state index contributed by atoms with van der Waals surface area (Å²) >= 11 is 0. The lowest BCUT2D eigenvalue weighted by Crippen LogP contribution is -2.68. The molecule has 2 aromatic carbocycles. The van der Waals surface area contributed by atoms with Crippen molar-refractivity contribution in [1.29, 1.82) is 0 Å². The number of hydrogen-bond acceptors (Lipinski definition) is 3. The van der Waals surface area contributed by atoms with Gasteiger partial charge in [-0.05, 0) is 31.5 Å². The highest BCUT2D eigenvalue weighted by Crippen LogP contribution is 2.49. The SMILES string of the molecule is Cc1ccc([C@H]2N(C)C(=O)[C@@]2(C)S(=O)(=O)c2ccccc2)cc1. The van der Waals surface area contributed by atoms with Crippen LogP contribution in [-0.4, -0.2) is 31.0 Å². The molecular weight excluding hydrogens is 310 g/mol. The number of amides is 1. The van der Waals surface area contributed by atoms with Crippen LogP contribution in [0.15, 0.2) is 59.5 Å². The van der Waals surface area contributed by atoms with Gasteiger partial charge in [0.05, 0.1) is 10.9 Å². The number of benzene rings is 2. The van der Waals surface area contributed by atoms with Gasteiger partial charge in [-0.2, -0.15) is 0 Å². The zero-order chi connectivity index (χ0) is 16.8. The molecule has 5 heteroatoms. The minimum absolute atomic E-state index is 0.182. The highest BCUT2D eigenvalue weighted by atomic mass is 32.2. The number of hydrogen-bond donors (Lipinski definition) is 0. The van der Waals surface area contributed by atoms with Crippen molar-refractivity contribution in [1.82, 2.24) is 4.90 Å². The van der Waals surface area contributed by atoms with Crippen molar-refractivity contribution in [3.8, 4) is 0 Å². The van der Waals surface area contributed by atoms with Crippen LogP contribution < -0.4 is 0 Å². The molecular formula is C18H19NO3S. The van der Waals surface area contributed by atoms with E-state index in [9.17, 15) is 13.2 Å². The summed E-state index contributed by atoms with van der Waals surface area (Å²) < 4.78 is 24.7. The Balaban J connectivity index is 2.12. The van der Waals surface area contributed by atoms with Crippen LogP contribution in [0.25, 0.3) is 0 Å². The number of carbonyl (C=O) groups is 1. The maximum Gasteiger partial charge on any atom is 0.246 e. The second kappa shape index (κ2) is 5.20. The van der Waals surface area contributed by atoms with Gasteiger partial charge in [-0.1, -0.05) is 48.0 Å². The van der Waals surface area contributed by atoms with E-state index in [1.165, 1.54) is 11.8 Å². The van der Waals surface area contributed by atoms with E-state index in [2.05, 4.69) is 0 Å². The fourth-order valence-electron chi connectivity index (χ4n) is 3.28. The summed E-state index contributed by atoms with van der Waals surface area (Å²) in [5, 5.41) is 0. The number of nitrogens with zero attached hydrogens (tertiary/aromatic N) is 1. The average molecular weight is 329 g/mol. The lowest BCUT2D eigenvalue weighted by molar-refractivity contribution is -0.149. The summed E-state index contributed by atoms with van der Waals surface area (Å²) in [4.78, 5) is 14.2. The largest absolute Gasteiger partial charge is 0.335 e. The van der Waals surface area contributed by atoms with Crippen molar-refractivity contribution in [2.24, 2.45) is 0 Å². The molecule has 3 rings (SSSR count). The molecule has 2 aromatic rings. The summed E-state index contributed by atoms with van der Waals surface area (Å²) in [6.07, 6.45) is 0. The highest BCUT2D eigenvalue weighted by Gasteiger charge is 2.64. The zero-order valence-corrected chi connectivity index (χ0v) is 14.2. The predicted octanol–water partition coefficient (Wildman–Crippen LogP) is 2.74. The van der Waals surface area contributed by atoms with Crippen LogP contribution in [0.2, 0.25) is 0 Å². The van der Waals surface area contributed by atoms with Crippen molar-refractivity contribution in [2.75, 3.05) is 7.05 Å². The molecule has 1 amide bonds. The van der Waals surface area contributed by atoms with Crippen LogP contribution in [0.5, 0.6) is 0 Å². The Morgan fingerprint density at radius 3 is 2.13 bits per heavy atom. The molecule has 0 radical (unpaired) electrons. The minimum Gasteiger partial charge on any atom is -0.335 e. The summed E-state index contributed by atoms with van der Waals surface area (Å²) in [6.45, 7) is 3.50. The van der Waals surface area contributed by atoms with E-state index in [1.54, 1.807) is 37.4 Å². The number of likely N-dealkylation sites (tertiary alicyclic amines) is 1. The summed E-state index contributed by atoms with van der Waals surface area (Å²) in [5.74, 6) is -0.369. The number of aryl methyl sites for hydroxylation is 1. The molecule has 1 saturated heterocycles. The Morgan fingerprint density at radius 1 is 1.00 bits per heavy atom. The Bertz CT molecular complexity index is 844. The molecule has 0 aromatic heterocycles. The van der Waals surface area contributed by atoms with Crippen LogP contribution in [0.3, 0.4) is 0 Å². The fourth-order valence-corrected chi connectivity index (χ4v) is 5.25. The van der Waals surface area contributed by atoms with Gasteiger partial charge in [0.15, 0.2) is 14.6 Å². The smallest absolute Gasteiger partial charge is 0.246 e. The van der Waals surface area contributed by atoms with Crippen LogP contribution in [0, 0.1) is 6.92 Å². The van der Waals surface area contributed by atoms with Crippen molar-refractivity contribution in [3.63, 3.8) is 0 Å². The molecule has 4 nitrogen and oxygen atoms in total. The summed E-state index contributed by atoms with van der Waals surface area (Å²) in [6, 6.07) is 15.3. The van der Waals surface area contributed by atoms with Gasteiger partial charge in [-0.15, -0.1) is 0 Å². The topological polar surface area (TPSA) is 54.5 Å². The first kappa shape index (κ1) is 15.7. The minimum atomic E-state index is -3.78. The molecule has 120 valence electrons. The second-order valence-electron chi connectivity index (χ2n) is 6.15. The van der Waals surface area contributed by atoms with Gasteiger partial charge in [-0.3, -0.25) is 4.79 Å². The molecule has 1 heterocycles. The number of rotatable bonds is 3. The quantitative estimate of drug-likeness (QED) is 0.814. The lowest BCUT2D eigenvalue weighted by Gasteiger charge is -2.52. The Hall–Kier alpha value is -2.14. The van der Waals surface area contributed by atoms with Crippen molar-refractivity contribution < 1.29 is 13.2 Å². The maximum absolute atomic E-state index is 13.1. The van der Waals surface area contributed by atoms with E-state index in [1.807, 2.05) is 31.2 Å². The van der Waals surface area contributed by atoms with E-state index >= 15 is 0 Å². The molecule has 2 atom stereocenters. The maximum atomic E-state index is 13.1. The first-order chi connectivity index (χ1) is 10.8. The monoisotopic (exact) mass is 329 g/mol. The Kier molecular flexibility index (Phi) is 3.56. The standard InChI is InChI=1S/C18H19NO3S/c1-13-9-11-14(12-10-13)16-18(2,17(20)19(16)3)23(21,22)15-7-5-4-6-8-15/h4-12,16H,1-3H3/t16-,18+/m1/s1. The summed E-state index contributed by atoms with van der Waals surface area (Å²) in [5.41, 5.74) is 1.93.